The Balaban J connectivity index is 0.00000300. The Hall–Kier alpha value is -2.30. The molecule has 9 heteroatoms. The molecule has 0 radical (unpaired) electrons. The van der Waals surface area contributed by atoms with Crippen molar-refractivity contribution in [3.63, 3.8) is 0 Å². The van der Waals surface area contributed by atoms with Crippen molar-refractivity contribution in [1.82, 2.24) is 20.4 Å². The van der Waals surface area contributed by atoms with Crippen LogP contribution in [0.15, 0.2) is 53.7 Å². The minimum atomic E-state index is -4.49. The summed E-state index contributed by atoms with van der Waals surface area (Å²) in [7, 11) is 3.05. The first-order chi connectivity index (χ1) is 13.3. The number of nitrogens with one attached hydrogen (secondary N) is 2. The minimum Gasteiger partial charge on any atom is -0.352 e. The molecule has 0 aliphatic carbocycles. The first-order valence-corrected chi connectivity index (χ1v) is 8.84. The average Bonchev–Trinajstić information content (AvgIpc) is 3.05. The average molecular weight is 517 g/mol. The van der Waals surface area contributed by atoms with E-state index < -0.39 is 11.9 Å². The number of halogens is 4. The predicted octanol–water partition coefficient (Wildman–Crippen LogP) is 4.64. The lowest BCUT2D eigenvalue weighted by Crippen LogP contribution is -2.38. The predicted molar refractivity (Wildman–Crippen MR) is 119 cm³/mol. The normalized spacial score (nSPS) is 13.1. The Bertz CT molecular complexity index is 992. The van der Waals surface area contributed by atoms with Crippen molar-refractivity contribution in [2.24, 2.45) is 12.0 Å². The van der Waals surface area contributed by atoms with Gasteiger partial charge in [0.1, 0.15) is 0 Å². The molecule has 3 aromatic rings. The fourth-order valence-electron chi connectivity index (χ4n) is 3.19. The Labute approximate surface area is 184 Å². The largest absolute Gasteiger partial charge is 0.435 e. The van der Waals surface area contributed by atoms with Gasteiger partial charge in [-0.1, -0.05) is 42.5 Å². The van der Waals surface area contributed by atoms with Crippen LogP contribution in [0.5, 0.6) is 0 Å². The first kappa shape index (κ1) is 23.0. The molecule has 2 N–H and O–H groups in total. The maximum absolute atomic E-state index is 13.1. The summed E-state index contributed by atoms with van der Waals surface area (Å²) in [4.78, 5) is 4.13. The van der Waals surface area contributed by atoms with E-state index in [1.807, 2.05) is 49.4 Å². The second-order valence-electron chi connectivity index (χ2n) is 6.53. The van der Waals surface area contributed by atoms with Crippen LogP contribution in [0.3, 0.4) is 0 Å². The standard InChI is InChI=1S/C20H22F3N5.HI/c1-13(16-10-6-8-14-7-4-5-9-17(14)16)26-19(24-2)25-11-15-12-28(3)27-18(15)20(21,22)23;/h4-10,12-13H,11H2,1-3H3,(H2,24,25,26);1H. The van der Waals surface area contributed by atoms with Crippen molar-refractivity contribution in [1.29, 1.82) is 0 Å². The number of aromatic nitrogens is 2. The summed E-state index contributed by atoms with van der Waals surface area (Å²) >= 11 is 0. The Morgan fingerprint density at radius 2 is 1.86 bits per heavy atom. The van der Waals surface area contributed by atoms with E-state index in [1.54, 1.807) is 7.05 Å². The number of aryl methyl sites for hydroxylation is 1. The summed E-state index contributed by atoms with van der Waals surface area (Å²) in [6, 6.07) is 14.0. The van der Waals surface area contributed by atoms with Crippen LogP contribution >= 0.6 is 24.0 Å². The summed E-state index contributed by atoms with van der Waals surface area (Å²) in [5.41, 5.74) is 0.259. The van der Waals surface area contributed by atoms with Gasteiger partial charge in [-0.05, 0) is 23.3 Å². The lowest BCUT2D eigenvalue weighted by molar-refractivity contribution is -0.142. The molecule has 0 aliphatic heterocycles. The lowest BCUT2D eigenvalue weighted by Gasteiger charge is -2.20. The van der Waals surface area contributed by atoms with Crippen molar-refractivity contribution >= 4 is 40.7 Å². The van der Waals surface area contributed by atoms with Gasteiger partial charge in [0.15, 0.2) is 11.7 Å². The number of benzene rings is 2. The highest BCUT2D eigenvalue weighted by atomic mass is 127. The molecule has 3 rings (SSSR count). The number of alkyl halides is 3. The third-order valence-electron chi connectivity index (χ3n) is 4.49. The van der Waals surface area contributed by atoms with Crippen LogP contribution in [0.4, 0.5) is 13.2 Å². The lowest BCUT2D eigenvalue weighted by atomic mass is 10.00. The van der Waals surface area contributed by atoms with Crippen molar-refractivity contribution < 1.29 is 13.2 Å². The van der Waals surface area contributed by atoms with Gasteiger partial charge in [0.25, 0.3) is 0 Å². The van der Waals surface area contributed by atoms with Crippen LogP contribution in [0.25, 0.3) is 10.8 Å². The van der Waals surface area contributed by atoms with Crippen LogP contribution in [0.1, 0.15) is 29.8 Å². The Morgan fingerprint density at radius 1 is 1.17 bits per heavy atom. The molecule has 2 aromatic carbocycles. The highest BCUT2D eigenvalue weighted by Gasteiger charge is 2.36. The molecule has 0 bridgehead atoms. The molecule has 0 saturated carbocycles. The van der Waals surface area contributed by atoms with E-state index in [-0.39, 0.29) is 42.1 Å². The summed E-state index contributed by atoms with van der Waals surface area (Å²) in [5, 5.41) is 12.0. The topological polar surface area (TPSA) is 54.2 Å². The van der Waals surface area contributed by atoms with Gasteiger partial charge in [-0.15, -0.1) is 24.0 Å². The molecule has 5 nitrogen and oxygen atoms in total. The van der Waals surface area contributed by atoms with Crippen LogP contribution in [-0.2, 0) is 19.8 Å². The van der Waals surface area contributed by atoms with Gasteiger partial charge >= 0.3 is 6.18 Å². The van der Waals surface area contributed by atoms with Gasteiger partial charge in [-0.25, -0.2) is 0 Å². The van der Waals surface area contributed by atoms with Gasteiger partial charge in [0.05, 0.1) is 6.04 Å². The number of nitrogens with zero attached hydrogens (tertiary/aromatic N) is 3. The van der Waals surface area contributed by atoms with Gasteiger partial charge in [0, 0.05) is 32.4 Å². The maximum atomic E-state index is 13.1. The van der Waals surface area contributed by atoms with E-state index >= 15 is 0 Å². The van der Waals surface area contributed by atoms with Crippen molar-refractivity contribution in [2.75, 3.05) is 7.05 Å². The van der Waals surface area contributed by atoms with Crippen LogP contribution in [0, 0.1) is 0 Å². The van der Waals surface area contributed by atoms with E-state index in [9.17, 15) is 13.2 Å². The smallest absolute Gasteiger partial charge is 0.352 e. The molecular weight excluding hydrogens is 494 g/mol. The second kappa shape index (κ2) is 9.47. The van der Waals surface area contributed by atoms with Gasteiger partial charge in [-0.2, -0.15) is 18.3 Å². The first-order valence-electron chi connectivity index (χ1n) is 8.84. The van der Waals surface area contributed by atoms with Crippen LogP contribution in [-0.4, -0.2) is 22.8 Å². The molecule has 156 valence electrons. The summed E-state index contributed by atoms with van der Waals surface area (Å²) in [5.74, 6) is 0.414. The number of guanidine groups is 1. The third-order valence-corrected chi connectivity index (χ3v) is 4.49. The number of rotatable bonds is 4. The maximum Gasteiger partial charge on any atom is 0.435 e. The third kappa shape index (κ3) is 5.40. The van der Waals surface area contributed by atoms with E-state index in [2.05, 4.69) is 20.7 Å². The van der Waals surface area contributed by atoms with E-state index in [0.717, 1.165) is 21.0 Å². The van der Waals surface area contributed by atoms with Crippen LogP contribution in [0.2, 0.25) is 0 Å². The zero-order chi connectivity index (χ0) is 20.3. The molecule has 0 spiro atoms. The minimum absolute atomic E-state index is 0. The molecule has 29 heavy (non-hydrogen) atoms. The Morgan fingerprint density at radius 3 is 2.55 bits per heavy atom. The van der Waals surface area contributed by atoms with E-state index in [4.69, 9.17) is 0 Å². The van der Waals surface area contributed by atoms with E-state index in [0.29, 0.717) is 5.96 Å². The molecule has 0 saturated heterocycles. The molecule has 1 atom stereocenters. The molecule has 1 heterocycles. The fraction of sp³-hybridized carbons (Fsp3) is 0.300. The second-order valence-corrected chi connectivity index (χ2v) is 6.53. The molecule has 0 fully saturated rings. The number of hydrogen-bond acceptors (Lipinski definition) is 2. The SMILES string of the molecule is CN=C(NCc1cn(C)nc1C(F)(F)F)NC(C)c1cccc2ccccc12.I. The van der Waals surface area contributed by atoms with E-state index in [1.165, 1.54) is 13.2 Å². The highest BCUT2D eigenvalue weighted by molar-refractivity contribution is 14.0. The van der Waals surface area contributed by atoms with Gasteiger partial charge in [0.2, 0.25) is 0 Å². The molecule has 0 amide bonds. The van der Waals surface area contributed by atoms with Crippen molar-refractivity contribution in [3.05, 3.63) is 65.5 Å². The molecule has 1 aromatic heterocycles. The monoisotopic (exact) mass is 517 g/mol. The highest BCUT2D eigenvalue weighted by Crippen LogP contribution is 2.30. The van der Waals surface area contributed by atoms with Crippen molar-refractivity contribution in [3.8, 4) is 0 Å². The summed E-state index contributed by atoms with van der Waals surface area (Å²) < 4.78 is 40.5. The fourth-order valence-corrected chi connectivity index (χ4v) is 3.19. The quantitative estimate of drug-likeness (QED) is 0.302. The van der Waals surface area contributed by atoms with Crippen LogP contribution < -0.4 is 10.6 Å². The van der Waals surface area contributed by atoms with Crippen molar-refractivity contribution in [2.45, 2.75) is 25.7 Å². The summed E-state index contributed by atoms with van der Waals surface area (Å²) in [6.07, 6.45) is -3.14. The zero-order valence-electron chi connectivity index (χ0n) is 16.3. The Kier molecular flexibility index (Phi) is 7.50. The van der Waals surface area contributed by atoms with Gasteiger partial charge < -0.3 is 10.6 Å². The zero-order valence-corrected chi connectivity index (χ0v) is 18.6. The molecular formula is C20H23F3IN5. The summed E-state index contributed by atoms with van der Waals surface area (Å²) in [6.45, 7) is 1.95. The number of aliphatic imine (C=N–C) groups is 1. The van der Waals surface area contributed by atoms with Gasteiger partial charge in [-0.3, -0.25) is 9.67 Å². The number of hydrogen-bond donors (Lipinski definition) is 2. The molecule has 1 unspecified atom stereocenters. The number of fused-ring (bicyclic) bond motifs is 1. The molecule has 0 aliphatic rings.